The number of carbonyl (C=O) groups is 3. The van der Waals surface area contributed by atoms with E-state index in [0.717, 1.165) is 19.3 Å². The van der Waals surface area contributed by atoms with Gasteiger partial charge in [-0.3, -0.25) is 14.4 Å². The molecule has 1 aromatic rings. The summed E-state index contributed by atoms with van der Waals surface area (Å²) in [6.07, 6.45) is 7.91. The number of rotatable bonds is 12. The van der Waals surface area contributed by atoms with Gasteiger partial charge in [0.2, 0.25) is 0 Å². The number of esters is 2. The van der Waals surface area contributed by atoms with Crippen LogP contribution in [0.5, 0.6) is 5.75 Å². The Morgan fingerprint density at radius 3 is 1.96 bits per heavy atom. The van der Waals surface area contributed by atoms with E-state index in [2.05, 4.69) is 6.92 Å². The number of unbranched alkanes of at least 4 members (excludes halogenated alkanes) is 6. The third-order valence-corrected chi connectivity index (χ3v) is 4.47. The molecule has 0 amide bonds. The van der Waals surface area contributed by atoms with Crippen molar-refractivity contribution < 1.29 is 23.9 Å². The van der Waals surface area contributed by atoms with Crippen molar-refractivity contribution in [3.05, 3.63) is 29.8 Å². The summed E-state index contributed by atoms with van der Waals surface area (Å²) in [5.41, 5.74) is -0.858. The van der Waals surface area contributed by atoms with Crippen LogP contribution in [0.15, 0.2) is 24.3 Å². The highest BCUT2D eigenvalue weighted by molar-refractivity contribution is 6.00. The minimum Gasteiger partial charge on any atom is -0.465 e. The van der Waals surface area contributed by atoms with E-state index in [1.54, 1.807) is 12.1 Å². The van der Waals surface area contributed by atoms with Gasteiger partial charge in [0.25, 0.3) is 0 Å². The van der Waals surface area contributed by atoms with E-state index in [1.807, 2.05) is 0 Å². The highest BCUT2D eigenvalue weighted by Gasteiger charge is 2.39. The summed E-state index contributed by atoms with van der Waals surface area (Å²) in [5.74, 6) is -1.04. The normalized spacial score (nSPS) is 11.1. The van der Waals surface area contributed by atoms with Gasteiger partial charge in [0, 0.05) is 5.56 Å². The lowest BCUT2D eigenvalue weighted by Crippen LogP contribution is -2.38. The molecule has 0 heterocycles. The van der Waals surface area contributed by atoms with Gasteiger partial charge < -0.3 is 9.47 Å². The Kier molecular flexibility index (Phi) is 9.76. The van der Waals surface area contributed by atoms with Crippen LogP contribution in [-0.4, -0.2) is 24.3 Å². The predicted octanol–water partition coefficient (Wildman–Crippen LogP) is 5.11. The summed E-state index contributed by atoms with van der Waals surface area (Å²) in [6, 6.07) is 6.23. The van der Waals surface area contributed by atoms with Crippen LogP contribution in [0.4, 0.5) is 0 Å². The van der Waals surface area contributed by atoms with Gasteiger partial charge in [0.1, 0.15) is 5.75 Å². The Balaban J connectivity index is 2.39. The smallest absolute Gasteiger partial charge is 0.328 e. The minimum atomic E-state index is -1.39. The molecule has 1 rings (SSSR count). The Hall–Kier alpha value is -2.17. The third-order valence-electron chi connectivity index (χ3n) is 4.47. The van der Waals surface area contributed by atoms with Crippen molar-refractivity contribution in [2.75, 3.05) is 6.61 Å². The topological polar surface area (TPSA) is 69.7 Å². The first-order chi connectivity index (χ1) is 12.8. The second-order valence-corrected chi connectivity index (χ2v) is 7.35. The molecule has 0 aliphatic heterocycles. The van der Waals surface area contributed by atoms with Crippen LogP contribution >= 0.6 is 0 Å². The monoisotopic (exact) mass is 376 g/mol. The quantitative estimate of drug-likeness (QED) is 0.167. The van der Waals surface area contributed by atoms with Crippen molar-refractivity contribution in [2.24, 2.45) is 5.41 Å². The lowest BCUT2D eigenvalue weighted by Gasteiger charge is -2.20. The number of carbonyl (C=O) groups excluding carboxylic acids is 3. The second kappa shape index (κ2) is 11.5. The van der Waals surface area contributed by atoms with Gasteiger partial charge in [-0.25, -0.2) is 0 Å². The molecule has 0 spiro atoms. The van der Waals surface area contributed by atoms with Crippen molar-refractivity contribution in [1.29, 1.82) is 0 Å². The maximum Gasteiger partial charge on any atom is 0.328 e. The number of hydrogen-bond donors (Lipinski definition) is 0. The molecule has 27 heavy (non-hydrogen) atoms. The highest BCUT2D eigenvalue weighted by atomic mass is 16.6. The first-order valence-corrected chi connectivity index (χ1v) is 9.79. The Bertz CT molecular complexity index is 616. The summed E-state index contributed by atoms with van der Waals surface area (Å²) in [7, 11) is 0. The molecule has 0 unspecified atom stereocenters. The minimum absolute atomic E-state index is 0.0675. The van der Waals surface area contributed by atoms with Gasteiger partial charge >= 0.3 is 11.9 Å². The fraction of sp³-hybridized carbons (Fsp3) is 0.591. The average molecular weight is 376 g/mol. The zero-order valence-electron chi connectivity index (χ0n) is 17.0. The summed E-state index contributed by atoms with van der Waals surface area (Å²) >= 11 is 0. The van der Waals surface area contributed by atoms with Crippen molar-refractivity contribution in [3.8, 4) is 5.75 Å². The van der Waals surface area contributed by atoms with Crippen LogP contribution in [0.1, 0.15) is 83.0 Å². The molecule has 1 aromatic carbocycles. The summed E-state index contributed by atoms with van der Waals surface area (Å²) < 4.78 is 10.5. The van der Waals surface area contributed by atoms with Crippen molar-refractivity contribution in [1.82, 2.24) is 0 Å². The molecule has 0 N–H and O–H groups in total. The fourth-order valence-corrected chi connectivity index (χ4v) is 2.48. The van der Waals surface area contributed by atoms with E-state index in [4.69, 9.17) is 9.47 Å². The predicted molar refractivity (Wildman–Crippen MR) is 105 cm³/mol. The molecule has 0 fully saturated rings. The summed E-state index contributed by atoms with van der Waals surface area (Å²) in [5, 5.41) is 0. The maximum absolute atomic E-state index is 12.3. The standard InChI is InChI=1S/C22H32O5/c1-5-6-7-8-9-10-11-16-26-20(24)22(3,4)21(25)27-19-14-12-18(13-15-19)17(2)23/h12-15H,5-11,16H2,1-4H3. The van der Waals surface area contributed by atoms with Gasteiger partial charge in [0.05, 0.1) is 6.61 Å². The van der Waals surface area contributed by atoms with Gasteiger partial charge in [-0.2, -0.15) is 0 Å². The number of Topliss-reactive ketones (excluding diaryl/α,β-unsaturated/α-hetero) is 1. The van der Waals surface area contributed by atoms with E-state index < -0.39 is 17.4 Å². The first-order valence-electron chi connectivity index (χ1n) is 9.79. The lowest BCUT2D eigenvalue weighted by atomic mass is 9.94. The molecule has 150 valence electrons. The molecule has 5 heteroatoms. The van der Waals surface area contributed by atoms with E-state index in [0.29, 0.717) is 12.2 Å². The Labute approximate surface area is 162 Å². The number of ketones is 1. The second-order valence-electron chi connectivity index (χ2n) is 7.35. The van der Waals surface area contributed by atoms with E-state index in [9.17, 15) is 14.4 Å². The van der Waals surface area contributed by atoms with Gasteiger partial charge in [-0.1, -0.05) is 45.4 Å². The molecular formula is C22H32O5. The first kappa shape index (κ1) is 22.9. The Morgan fingerprint density at radius 2 is 1.41 bits per heavy atom. The maximum atomic E-state index is 12.3. The van der Waals surface area contributed by atoms with Gasteiger partial charge in [-0.15, -0.1) is 0 Å². The molecule has 0 aromatic heterocycles. The highest BCUT2D eigenvalue weighted by Crippen LogP contribution is 2.23. The molecule has 0 saturated carbocycles. The van der Waals surface area contributed by atoms with Gasteiger partial charge in [0.15, 0.2) is 11.2 Å². The van der Waals surface area contributed by atoms with E-state index in [-0.39, 0.29) is 11.5 Å². The van der Waals surface area contributed by atoms with Crippen molar-refractivity contribution >= 4 is 17.7 Å². The molecule has 0 saturated heterocycles. The molecule has 5 nitrogen and oxygen atoms in total. The third kappa shape index (κ3) is 7.94. The molecule has 0 radical (unpaired) electrons. The summed E-state index contributed by atoms with van der Waals surface area (Å²) in [6.45, 7) is 6.95. The lowest BCUT2D eigenvalue weighted by molar-refractivity contribution is -0.164. The van der Waals surface area contributed by atoms with Gasteiger partial charge in [-0.05, 0) is 51.5 Å². The number of ether oxygens (including phenoxy) is 2. The number of hydrogen-bond acceptors (Lipinski definition) is 5. The molecular weight excluding hydrogens is 344 g/mol. The van der Waals surface area contributed by atoms with Crippen LogP contribution in [0.2, 0.25) is 0 Å². The Morgan fingerprint density at radius 1 is 0.852 bits per heavy atom. The van der Waals surface area contributed by atoms with Crippen LogP contribution in [0, 0.1) is 5.41 Å². The van der Waals surface area contributed by atoms with Crippen LogP contribution in [0.3, 0.4) is 0 Å². The van der Waals surface area contributed by atoms with Crippen molar-refractivity contribution in [2.45, 2.75) is 72.6 Å². The zero-order valence-corrected chi connectivity index (χ0v) is 17.0. The molecule has 0 aliphatic carbocycles. The molecule has 0 atom stereocenters. The van der Waals surface area contributed by atoms with Crippen molar-refractivity contribution in [3.63, 3.8) is 0 Å². The van der Waals surface area contributed by atoms with E-state index in [1.165, 1.54) is 58.6 Å². The SMILES string of the molecule is CCCCCCCCCOC(=O)C(C)(C)C(=O)Oc1ccc(C(C)=O)cc1. The fourth-order valence-electron chi connectivity index (χ4n) is 2.48. The molecule has 0 aliphatic rings. The van der Waals surface area contributed by atoms with Crippen LogP contribution in [0.25, 0.3) is 0 Å². The van der Waals surface area contributed by atoms with Crippen LogP contribution in [-0.2, 0) is 14.3 Å². The summed E-state index contributed by atoms with van der Waals surface area (Å²) in [4.78, 5) is 35.9. The largest absolute Gasteiger partial charge is 0.465 e. The number of benzene rings is 1. The van der Waals surface area contributed by atoms with E-state index >= 15 is 0 Å². The zero-order chi connectivity index (χ0) is 20.3. The van der Waals surface area contributed by atoms with Crippen LogP contribution < -0.4 is 4.74 Å². The molecule has 0 bridgehead atoms. The average Bonchev–Trinajstić information content (AvgIpc) is 2.64.